The normalized spacial score (nSPS) is 23.6. The first kappa shape index (κ1) is 24.8. The molecular formula is C26H22ClN5O5S. The molecule has 4 unspecified atom stereocenters. The van der Waals surface area contributed by atoms with Crippen molar-refractivity contribution < 1.29 is 23.4 Å². The maximum Gasteiger partial charge on any atom is 0.275 e. The summed E-state index contributed by atoms with van der Waals surface area (Å²) in [6.45, 7) is -0.353. The van der Waals surface area contributed by atoms with Crippen molar-refractivity contribution in [3.8, 4) is 11.3 Å². The number of hydrogen-bond donors (Lipinski definition) is 2. The van der Waals surface area contributed by atoms with E-state index in [2.05, 4.69) is 15.2 Å². The summed E-state index contributed by atoms with van der Waals surface area (Å²) in [5, 5.41) is 31.7. The van der Waals surface area contributed by atoms with Gasteiger partial charge in [-0.1, -0.05) is 23.7 Å². The molecule has 0 radical (unpaired) electrons. The minimum atomic E-state index is -3.98. The molecule has 6 rings (SSSR count). The SMILES string of the molecule is O=C(c1ccc(-c2ccncc2)nn1)N1C2CN(S(=O)(=O)c3ccc4cc(Cl)ccc4c3)CC1C(O)C2O. The van der Waals surface area contributed by atoms with Crippen LogP contribution < -0.4 is 0 Å². The number of carbonyl (C=O) groups excluding carboxylic acids is 1. The molecule has 38 heavy (non-hydrogen) atoms. The van der Waals surface area contributed by atoms with Crippen LogP contribution >= 0.6 is 11.6 Å². The molecule has 1 amide bonds. The third-order valence-corrected chi connectivity index (χ3v) is 9.20. The van der Waals surface area contributed by atoms with Crippen molar-refractivity contribution in [2.75, 3.05) is 13.1 Å². The Morgan fingerprint density at radius 2 is 1.53 bits per heavy atom. The fraction of sp³-hybridized carbons (Fsp3) is 0.231. The summed E-state index contributed by atoms with van der Waals surface area (Å²) in [5.41, 5.74) is 1.37. The summed E-state index contributed by atoms with van der Waals surface area (Å²) >= 11 is 6.04. The molecule has 4 heterocycles. The Labute approximate surface area is 223 Å². The average Bonchev–Trinajstić information content (AvgIpc) is 3.09. The monoisotopic (exact) mass is 551 g/mol. The molecule has 2 bridgehead atoms. The molecule has 2 aliphatic heterocycles. The molecule has 4 atom stereocenters. The molecule has 2 saturated heterocycles. The van der Waals surface area contributed by atoms with Crippen LogP contribution in [0.5, 0.6) is 0 Å². The number of carbonyl (C=O) groups is 1. The summed E-state index contributed by atoms with van der Waals surface area (Å²) < 4.78 is 28.3. The summed E-state index contributed by atoms with van der Waals surface area (Å²) in [6, 6.07) is 14.7. The molecule has 2 aromatic heterocycles. The van der Waals surface area contributed by atoms with Gasteiger partial charge >= 0.3 is 0 Å². The average molecular weight is 552 g/mol. The first-order valence-corrected chi connectivity index (χ1v) is 13.7. The summed E-state index contributed by atoms with van der Waals surface area (Å²) in [4.78, 5) is 18.8. The van der Waals surface area contributed by atoms with Crippen LogP contribution in [0.1, 0.15) is 10.5 Å². The van der Waals surface area contributed by atoms with Gasteiger partial charge in [-0.05, 0) is 59.3 Å². The van der Waals surface area contributed by atoms with Crippen molar-refractivity contribution in [1.82, 2.24) is 24.4 Å². The van der Waals surface area contributed by atoms with Gasteiger partial charge in [0.05, 0.1) is 22.7 Å². The van der Waals surface area contributed by atoms with E-state index in [0.29, 0.717) is 16.1 Å². The highest BCUT2D eigenvalue weighted by atomic mass is 35.5. The van der Waals surface area contributed by atoms with Crippen LogP contribution in [0, 0.1) is 0 Å². The zero-order valence-corrected chi connectivity index (χ0v) is 21.4. The van der Waals surface area contributed by atoms with Gasteiger partial charge in [-0.15, -0.1) is 10.2 Å². The summed E-state index contributed by atoms with van der Waals surface area (Å²) in [5.74, 6) is -0.538. The first-order valence-electron chi connectivity index (χ1n) is 11.9. The standard InChI is InChI=1S/C26H22ClN5O5S/c27-18-3-1-17-12-19(4-2-16(17)11-18)38(36,37)31-13-22-24(33)25(34)23(14-31)32(22)26(35)21-6-5-20(29-30-21)15-7-9-28-10-8-15/h1-12,22-25,33-34H,13-14H2. The number of benzene rings is 2. The number of fused-ring (bicyclic) bond motifs is 3. The number of piperazine rings is 1. The van der Waals surface area contributed by atoms with E-state index in [0.717, 1.165) is 10.9 Å². The number of amides is 1. The molecule has 194 valence electrons. The summed E-state index contributed by atoms with van der Waals surface area (Å²) in [6.07, 6.45) is 0.619. The van der Waals surface area contributed by atoms with Gasteiger partial charge in [0.25, 0.3) is 5.91 Å². The van der Waals surface area contributed by atoms with Gasteiger partial charge in [-0.2, -0.15) is 4.31 Å². The quantitative estimate of drug-likeness (QED) is 0.393. The zero-order chi connectivity index (χ0) is 26.6. The molecule has 12 heteroatoms. The van der Waals surface area contributed by atoms with Gasteiger partial charge in [0.2, 0.25) is 10.0 Å². The number of nitrogens with zero attached hydrogens (tertiary/aromatic N) is 5. The van der Waals surface area contributed by atoms with Gasteiger partial charge in [0.1, 0.15) is 12.2 Å². The number of aliphatic hydroxyl groups is 2. The van der Waals surface area contributed by atoms with Gasteiger partial charge in [0, 0.05) is 36.1 Å². The number of halogens is 1. The minimum absolute atomic E-state index is 0.0311. The van der Waals surface area contributed by atoms with E-state index in [4.69, 9.17) is 11.6 Å². The van der Waals surface area contributed by atoms with Gasteiger partial charge in [-0.3, -0.25) is 9.78 Å². The minimum Gasteiger partial charge on any atom is -0.388 e. The zero-order valence-electron chi connectivity index (χ0n) is 19.8. The van der Waals surface area contributed by atoms with Gasteiger partial charge in [0.15, 0.2) is 5.69 Å². The van der Waals surface area contributed by atoms with Crippen molar-refractivity contribution in [2.24, 2.45) is 0 Å². The molecule has 4 aromatic rings. The number of sulfonamides is 1. The van der Waals surface area contributed by atoms with E-state index >= 15 is 0 Å². The van der Waals surface area contributed by atoms with E-state index in [1.54, 1.807) is 60.9 Å². The topological polar surface area (TPSA) is 137 Å². The Morgan fingerprint density at radius 3 is 2.18 bits per heavy atom. The van der Waals surface area contributed by atoms with E-state index in [1.807, 2.05) is 0 Å². The second-order valence-electron chi connectivity index (χ2n) is 9.34. The van der Waals surface area contributed by atoms with Crippen molar-refractivity contribution in [1.29, 1.82) is 0 Å². The molecule has 0 aliphatic carbocycles. The van der Waals surface area contributed by atoms with Crippen LogP contribution in [0.15, 0.2) is 78.0 Å². The number of hydrogen-bond acceptors (Lipinski definition) is 8. The van der Waals surface area contributed by atoms with E-state index in [9.17, 15) is 23.4 Å². The number of rotatable bonds is 4. The Kier molecular flexibility index (Phi) is 6.12. The molecule has 2 fully saturated rings. The Bertz CT molecular complexity index is 1620. The Balaban J connectivity index is 1.26. The molecule has 0 saturated carbocycles. The van der Waals surface area contributed by atoms with Crippen LogP contribution in [0.3, 0.4) is 0 Å². The van der Waals surface area contributed by atoms with E-state index in [1.165, 1.54) is 21.3 Å². The second kappa shape index (κ2) is 9.37. The third kappa shape index (κ3) is 4.12. The fourth-order valence-electron chi connectivity index (χ4n) is 5.17. The molecule has 0 spiro atoms. The fourth-order valence-corrected chi connectivity index (χ4v) is 6.86. The van der Waals surface area contributed by atoms with Crippen molar-refractivity contribution >= 4 is 38.3 Å². The van der Waals surface area contributed by atoms with Crippen molar-refractivity contribution in [3.05, 3.63) is 83.8 Å². The lowest BCUT2D eigenvalue weighted by atomic mass is 10.1. The lowest BCUT2D eigenvalue weighted by Gasteiger charge is -2.40. The third-order valence-electron chi connectivity index (χ3n) is 7.14. The largest absolute Gasteiger partial charge is 0.388 e. The van der Waals surface area contributed by atoms with Crippen LogP contribution in [0.4, 0.5) is 0 Å². The van der Waals surface area contributed by atoms with Gasteiger partial charge < -0.3 is 15.1 Å². The van der Waals surface area contributed by atoms with E-state index in [-0.39, 0.29) is 23.7 Å². The lowest BCUT2D eigenvalue weighted by molar-refractivity contribution is 0.0352. The highest BCUT2D eigenvalue weighted by molar-refractivity contribution is 7.89. The smallest absolute Gasteiger partial charge is 0.275 e. The predicted octanol–water partition coefficient (Wildman–Crippen LogP) is 1.96. The molecule has 2 N–H and O–H groups in total. The number of aliphatic hydroxyl groups excluding tert-OH is 2. The summed E-state index contributed by atoms with van der Waals surface area (Å²) in [7, 11) is -3.98. The Hall–Kier alpha value is -3.48. The lowest BCUT2D eigenvalue weighted by Crippen LogP contribution is -2.59. The number of aromatic nitrogens is 3. The highest BCUT2D eigenvalue weighted by Crippen LogP contribution is 2.35. The van der Waals surface area contributed by atoms with Crippen LogP contribution in [0.25, 0.3) is 22.0 Å². The first-order chi connectivity index (χ1) is 18.2. The predicted molar refractivity (Wildman–Crippen MR) is 139 cm³/mol. The molecule has 10 nitrogen and oxygen atoms in total. The van der Waals surface area contributed by atoms with E-state index < -0.39 is 40.2 Å². The highest BCUT2D eigenvalue weighted by Gasteiger charge is 2.56. The van der Waals surface area contributed by atoms with Crippen LogP contribution in [0.2, 0.25) is 5.02 Å². The maximum absolute atomic E-state index is 13.6. The molecule has 2 aromatic carbocycles. The van der Waals surface area contributed by atoms with Gasteiger partial charge in [-0.25, -0.2) is 8.42 Å². The molecule has 2 aliphatic rings. The Morgan fingerprint density at radius 1 is 0.868 bits per heavy atom. The number of pyridine rings is 1. The van der Waals surface area contributed by atoms with Crippen molar-refractivity contribution in [2.45, 2.75) is 29.2 Å². The molecular weight excluding hydrogens is 530 g/mol. The van der Waals surface area contributed by atoms with Crippen molar-refractivity contribution in [3.63, 3.8) is 0 Å². The van der Waals surface area contributed by atoms with Crippen LogP contribution in [-0.2, 0) is 10.0 Å². The second-order valence-corrected chi connectivity index (χ2v) is 11.7. The maximum atomic E-state index is 13.6. The van der Waals surface area contributed by atoms with Crippen LogP contribution in [-0.4, -0.2) is 86.3 Å².